The molecule has 2 fully saturated rings. The van der Waals surface area contributed by atoms with E-state index >= 15 is 0 Å². The molecule has 6 rings (SSSR count). The largest absolute Gasteiger partial charge is 0.395 e. The van der Waals surface area contributed by atoms with Crippen molar-refractivity contribution in [2.75, 3.05) is 62.6 Å². The van der Waals surface area contributed by atoms with Gasteiger partial charge in [-0.25, -0.2) is 9.97 Å². The standard InChI is InChI=1S/C30H40ClN9O/c1-20-25(21(2)37(3)36-20)19-39-10-8-23(9-11-39)33-27-26(31)18-32-30-28(27)34-29(35-30)22-4-6-24(7-5-22)40-14-12-38(13-15-40)16-17-41/h4-7,18,23,41H,8-17,19H2,1-3H3,(H2,32,33,34,35). The molecular weight excluding hydrogens is 538 g/mol. The highest BCUT2D eigenvalue weighted by Gasteiger charge is 2.24. The minimum Gasteiger partial charge on any atom is -0.395 e. The number of aliphatic hydroxyl groups is 1. The van der Waals surface area contributed by atoms with Crippen molar-refractivity contribution in [3.8, 4) is 11.4 Å². The van der Waals surface area contributed by atoms with Gasteiger partial charge in [0, 0.05) is 88.0 Å². The summed E-state index contributed by atoms with van der Waals surface area (Å²) in [7, 11) is 2.01. The second-order valence-electron chi connectivity index (χ2n) is 11.3. The van der Waals surface area contributed by atoms with Crippen LogP contribution in [-0.2, 0) is 13.6 Å². The molecule has 3 N–H and O–H groups in total. The summed E-state index contributed by atoms with van der Waals surface area (Å²) < 4.78 is 1.98. The van der Waals surface area contributed by atoms with Crippen LogP contribution >= 0.6 is 11.6 Å². The molecule has 1 aromatic carbocycles. The van der Waals surface area contributed by atoms with Crippen LogP contribution in [-0.4, -0.2) is 98.1 Å². The lowest BCUT2D eigenvalue weighted by Gasteiger charge is -2.35. The Bertz CT molecular complexity index is 1480. The smallest absolute Gasteiger partial charge is 0.159 e. The number of H-pyrrole nitrogens is 1. The van der Waals surface area contributed by atoms with Gasteiger partial charge < -0.3 is 20.3 Å². The average Bonchev–Trinajstić information content (AvgIpc) is 3.52. The number of benzene rings is 1. The molecule has 4 aromatic rings. The van der Waals surface area contributed by atoms with Crippen LogP contribution in [0.3, 0.4) is 0 Å². The van der Waals surface area contributed by atoms with E-state index in [2.05, 4.69) is 73.2 Å². The molecule has 0 amide bonds. The van der Waals surface area contributed by atoms with E-state index in [0.717, 1.165) is 99.1 Å². The molecule has 218 valence electrons. The zero-order valence-corrected chi connectivity index (χ0v) is 25.0. The third kappa shape index (κ3) is 5.92. The van der Waals surface area contributed by atoms with Crippen molar-refractivity contribution in [1.82, 2.24) is 34.5 Å². The molecule has 0 atom stereocenters. The van der Waals surface area contributed by atoms with E-state index in [0.29, 0.717) is 11.1 Å². The fraction of sp³-hybridized carbons (Fsp3) is 0.500. The van der Waals surface area contributed by atoms with Gasteiger partial charge in [-0.15, -0.1) is 0 Å². The maximum atomic E-state index is 9.19. The van der Waals surface area contributed by atoms with Crippen molar-refractivity contribution < 1.29 is 5.11 Å². The van der Waals surface area contributed by atoms with Crippen molar-refractivity contribution >= 4 is 34.1 Å². The number of pyridine rings is 1. The van der Waals surface area contributed by atoms with Gasteiger partial charge in [0.1, 0.15) is 11.3 Å². The number of hydrogen-bond acceptors (Lipinski definition) is 8. The Kier molecular flexibility index (Phi) is 8.16. The van der Waals surface area contributed by atoms with Crippen molar-refractivity contribution in [1.29, 1.82) is 0 Å². The Labute approximate surface area is 246 Å². The highest BCUT2D eigenvalue weighted by Crippen LogP contribution is 2.33. The second kappa shape index (κ2) is 12.0. The summed E-state index contributed by atoms with van der Waals surface area (Å²) in [6.45, 7) is 12.1. The number of aromatic amines is 1. The molecule has 41 heavy (non-hydrogen) atoms. The van der Waals surface area contributed by atoms with E-state index in [9.17, 15) is 5.11 Å². The number of rotatable bonds is 8. The number of imidazole rings is 1. The van der Waals surface area contributed by atoms with E-state index in [-0.39, 0.29) is 6.61 Å². The lowest BCUT2D eigenvalue weighted by Crippen LogP contribution is -2.47. The Morgan fingerprint density at radius 2 is 1.76 bits per heavy atom. The van der Waals surface area contributed by atoms with Gasteiger partial charge in [0.05, 0.1) is 29.2 Å². The van der Waals surface area contributed by atoms with E-state index in [1.165, 1.54) is 16.9 Å². The summed E-state index contributed by atoms with van der Waals surface area (Å²) in [5.74, 6) is 0.786. The summed E-state index contributed by atoms with van der Waals surface area (Å²) in [5, 5.41) is 18.1. The summed E-state index contributed by atoms with van der Waals surface area (Å²) >= 11 is 6.67. The number of anilines is 2. The van der Waals surface area contributed by atoms with E-state index in [1.807, 2.05) is 11.7 Å². The van der Waals surface area contributed by atoms with Crippen molar-refractivity contribution in [3.05, 3.63) is 52.4 Å². The van der Waals surface area contributed by atoms with E-state index < -0.39 is 0 Å². The van der Waals surface area contributed by atoms with E-state index in [1.54, 1.807) is 6.20 Å². The first-order valence-corrected chi connectivity index (χ1v) is 15.0. The van der Waals surface area contributed by atoms with Gasteiger partial charge >= 0.3 is 0 Å². The van der Waals surface area contributed by atoms with Crippen LogP contribution in [0, 0.1) is 13.8 Å². The molecule has 2 saturated heterocycles. The first kappa shape index (κ1) is 28.0. The fourth-order valence-electron chi connectivity index (χ4n) is 6.12. The lowest BCUT2D eigenvalue weighted by atomic mass is 10.0. The van der Waals surface area contributed by atoms with Gasteiger partial charge in [-0.05, 0) is 51.0 Å². The van der Waals surface area contributed by atoms with Crippen LogP contribution in [0.1, 0.15) is 29.8 Å². The minimum atomic E-state index is 0.217. The monoisotopic (exact) mass is 577 g/mol. The number of aliphatic hydroxyl groups excluding tert-OH is 1. The summed E-state index contributed by atoms with van der Waals surface area (Å²) in [4.78, 5) is 20.1. The normalized spacial score (nSPS) is 17.5. The van der Waals surface area contributed by atoms with Gasteiger partial charge in [0.15, 0.2) is 5.65 Å². The number of halogens is 1. The van der Waals surface area contributed by atoms with Crippen molar-refractivity contribution in [3.63, 3.8) is 0 Å². The zero-order chi connectivity index (χ0) is 28.5. The molecule has 3 aromatic heterocycles. The maximum absolute atomic E-state index is 9.19. The first-order valence-electron chi connectivity index (χ1n) is 14.6. The van der Waals surface area contributed by atoms with Crippen LogP contribution < -0.4 is 10.2 Å². The molecule has 0 aliphatic carbocycles. The van der Waals surface area contributed by atoms with Crippen LogP contribution in [0.5, 0.6) is 0 Å². The zero-order valence-electron chi connectivity index (χ0n) is 24.2. The summed E-state index contributed by atoms with van der Waals surface area (Å²) in [6.07, 6.45) is 3.77. The number of likely N-dealkylation sites (tertiary alicyclic amines) is 1. The Balaban J connectivity index is 1.11. The number of hydrogen-bond donors (Lipinski definition) is 3. The number of aryl methyl sites for hydroxylation is 2. The predicted octanol–water partition coefficient (Wildman–Crippen LogP) is 3.82. The van der Waals surface area contributed by atoms with Crippen LogP contribution in [0.25, 0.3) is 22.6 Å². The molecule has 0 unspecified atom stereocenters. The third-order valence-corrected chi connectivity index (χ3v) is 9.02. The first-order chi connectivity index (χ1) is 19.9. The maximum Gasteiger partial charge on any atom is 0.159 e. The van der Waals surface area contributed by atoms with Gasteiger partial charge in [0.2, 0.25) is 0 Å². The molecule has 11 heteroatoms. The number of piperidine rings is 1. The van der Waals surface area contributed by atoms with Crippen molar-refractivity contribution in [2.24, 2.45) is 7.05 Å². The number of fused-ring (bicyclic) bond motifs is 1. The van der Waals surface area contributed by atoms with Gasteiger partial charge in [-0.1, -0.05) is 11.6 Å². The average molecular weight is 578 g/mol. The third-order valence-electron chi connectivity index (χ3n) is 8.74. The molecule has 10 nitrogen and oxygen atoms in total. The molecule has 2 aliphatic rings. The summed E-state index contributed by atoms with van der Waals surface area (Å²) in [6, 6.07) is 8.87. The van der Waals surface area contributed by atoms with E-state index in [4.69, 9.17) is 16.6 Å². The summed E-state index contributed by atoms with van der Waals surface area (Å²) in [5.41, 5.74) is 8.30. The molecule has 0 bridgehead atoms. The highest BCUT2D eigenvalue weighted by molar-refractivity contribution is 6.34. The van der Waals surface area contributed by atoms with Gasteiger partial charge in [0.25, 0.3) is 0 Å². The quantitative estimate of drug-likeness (QED) is 0.291. The molecule has 5 heterocycles. The highest BCUT2D eigenvalue weighted by atomic mass is 35.5. The lowest BCUT2D eigenvalue weighted by molar-refractivity contribution is 0.189. The minimum absolute atomic E-state index is 0.217. The number of aromatic nitrogens is 5. The van der Waals surface area contributed by atoms with Crippen LogP contribution in [0.2, 0.25) is 5.02 Å². The number of β-amino-alcohol motifs (C(OH)–C–C–N with tert-alkyl or cyclic N) is 1. The Morgan fingerprint density at radius 3 is 2.41 bits per heavy atom. The number of nitrogens with zero attached hydrogens (tertiary/aromatic N) is 7. The van der Waals surface area contributed by atoms with Gasteiger partial charge in [-0.2, -0.15) is 5.10 Å². The molecule has 0 spiro atoms. The molecule has 0 radical (unpaired) electrons. The van der Waals surface area contributed by atoms with Crippen LogP contribution in [0.15, 0.2) is 30.5 Å². The predicted molar refractivity (Wildman–Crippen MR) is 165 cm³/mol. The topological polar surface area (TPSA) is 101 Å². The molecule has 0 saturated carbocycles. The van der Waals surface area contributed by atoms with Crippen molar-refractivity contribution in [2.45, 2.75) is 39.3 Å². The fourth-order valence-corrected chi connectivity index (χ4v) is 6.31. The van der Waals surface area contributed by atoms with Gasteiger partial charge in [-0.3, -0.25) is 14.5 Å². The van der Waals surface area contributed by atoms with Crippen LogP contribution in [0.4, 0.5) is 11.4 Å². The Morgan fingerprint density at radius 1 is 1.02 bits per heavy atom. The molecular formula is C30H40ClN9O. The number of piperazine rings is 1. The second-order valence-corrected chi connectivity index (χ2v) is 11.7. The molecule has 2 aliphatic heterocycles. The Hall–Kier alpha value is -3.18. The number of nitrogens with one attached hydrogen (secondary N) is 2. The SMILES string of the molecule is Cc1nn(C)c(C)c1CN1CCC(Nc2c(Cl)cnc3[nH]c(-c4ccc(N5CCN(CCO)CC5)cc4)nc23)CC1.